The van der Waals surface area contributed by atoms with E-state index in [1.54, 1.807) is 0 Å². The van der Waals surface area contributed by atoms with Gasteiger partial charge in [0, 0.05) is 11.8 Å². The number of nitrogens with one attached hydrogen (secondary N) is 1. The fourth-order valence-electron chi connectivity index (χ4n) is 8.36. The number of carbonyl (C=O) groups excluding carboxylic acids is 1. The van der Waals surface area contributed by atoms with Crippen molar-refractivity contribution in [1.82, 2.24) is 5.32 Å². The molecule has 0 saturated heterocycles. The number of fused-ring (bicyclic) bond motifs is 5. The Morgan fingerprint density at radius 2 is 1.87 bits per heavy atom. The number of carboxylic acid groups (broad SMARTS) is 1. The number of rotatable bonds is 7. The Bertz CT molecular complexity index is 1220. The third kappa shape index (κ3) is 4.89. The SMILES string of the molecule is C#C[C@@]1(O)CC[C@@H]2[C@@H]3CCC4=C/C(=N/OCC(=O)N[C@H](Cc5ccccc5)C(=O)O)CC[C@]4(C)[C@H]3CC[C@@]21C. The lowest BCUT2D eigenvalue weighted by Gasteiger charge is -2.58. The standard InChI is InChI=1S/C32H40N2O5/c1-4-32(38)17-14-26-24-11-10-22-19-23(12-15-30(22,2)25(24)13-16-31(26,32)3)34-39-20-28(35)33-27(29(36)37)18-21-8-6-5-7-9-21/h1,5-9,19,24-27,38H,10-18,20H2,2-3H3,(H,33,35)(H,36,37)/b34-23+/t24-,25+,26-,27-,30+,31+,32-/m1/s1. The summed E-state index contributed by atoms with van der Waals surface area (Å²) in [7, 11) is 0. The van der Waals surface area contributed by atoms with Crippen LogP contribution in [0.3, 0.4) is 0 Å². The van der Waals surface area contributed by atoms with E-state index in [9.17, 15) is 19.8 Å². The predicted octanol–water partition coefficient (Wildman–Crippen LogP) is 4.50. The smallest absolute Gasteiger partial charge is 0.326 e. The van der Waals surface area contributed by atoms with E-state index in [4.69, 9.17) is 11.3 Å². The Balaban J connectivity index is 1.20. The zero-order valence-electron chi connectivity index (χ0n) is 23.0. The minimum atomic E-state index is -1.09. The molecule has 0 spiro atoms. The summed E-state index contributed by atoms with van der Waals surface area (Å²) in [5.74, 6) is 2.77. The van der Waals surface area contributed by atoms with Gasteiger partial charge in [0.25, 0.3) is 5.91 Å². The van der Waals surface area contributed by atoms with Crippen LogP contribution in [0.4, 0.5) is 0 Å². The van der Waals surface area contributed by atoms with Gasteiger partial charge >= 0.3 is 5.97 Å². The first kappa shape index (κ1) is 27.5. The van der Waals surface area contributed by atoms with Crippen molar-refractivity contribution in [3.63, 3.8) is 0 Å². The summed E-state index contributed by atoms with van der Waals surface area (Å²) in [5.41, 5.74) is 1.99. The summed E-state index contributed by atoms with van der Waals surface area (Å²) in [6.07, 6.45) is 15.8. The third-order valence-electron chi connectivity index (χ3n) is 10.7. The number of aliphatic carboxylic acids is 1. The molecular formula is C32H40N2O5. The summed E-state index contributed by atoms with van der Waals surface area (Å²) in [4.78, 5) is 29.4. The first-order chi connectivity index (χ1) is 18.6. The molecule has 4 aliphatic carbocycles. The van der Waals surface area contributed by atoms with Gasteiger partial charge in [-0.15, -0.1) is 6.42 Å². The summed E-state index contributed by atoms with van der Waals surface area (Å²) >= 11 is 0. The molecule has 3 N–H and O–H groups in total. The lowest BCUT2D eigenvalue weighted by atomic mass is 9.46. The average molecular weight is 533 g/mol. The molecule has 0 aromatic heterocycles. The second-order valence-corrected chi connectivity index (χ2v) is 12.5. The fraction of sp³-hybridized carbons (Fsp3) is 0.594. The van der Waals surface area contributed by atoms with Gasteiger partial charge in [0.05, 0.1) is 5.71 Å². The second kappa shape index (κ2) is 10.5. The van der Waals surface area contributed by atoms with Crippen molar-refractivity contribution in [1.29, 1.82) is 0 Å². The summed E-state index contributed by atoms with van der Waals surface area (Å²) in [6.45, 7) is 4.28. The maximum Gasteiger partial charge on any atom is 0.326 e. The quantitative estimate of drug-likeness (QED) is 0.354. The molecule has 7 atom stereocenters. The van der Waals surface area contributed by atoms with E-state index in [1.807, 2.05) is 30.3 Å². The molecule has 1 aromatic rings. The van der Waals surface area contributed by atoms with Gasteiger partial charge in [0.15, 0.2) is 6.61 Å². The minimum absolute atomic E-state index is 0.101. The van der Waals surface area contributed by atoms with Crippen molar-refractivity contribution in [3.8, 4) is 12.3 Å². The Hall–Kier alpha value is -3.11. The molecule has 0 unspecified atom stereocenters. The van der Waals surface area contributed by atoms with Crippen LogP contribution in [0.25, 0.3) is 0 Å². The summed E-state index contributed by atoms with van der Waals surface area (Å²) < 4.78 is 0. The van der Waals surface area contributed by atoms with Crippen molar-refractivity contribution in [2.24, 2.45) is 33.7 Å². The highest BCUT2D eigenvalue weighted by molar-refractivity contribution is 5.96. The van der Waals surface area contributed by atoms with E-state index >= 15 is 0 Å². The van der Waals surface area contributed by atoms with Gasteiger partial charge in [-0.25, -0.2) is 4.79 Å². The molecule has 208 valence electrons. The van der Waals surface area contributed by atoms with Gasteiger partial charge in [-0.2, -0.15) is 0 Å². The van der Waals surface area contributed by atoms with Gasteiger partial charge < -0.3 is 20.4 Å². The van der Waals surface area contributed by atoms with Crippen LogP contribution in [0, 0.1) is 40.9 Å². The van der Waals surface area contributed by atoms with Crippen molar-refractivity contribution >= 4 is 17.6 Å². The maximum absolute atomic E-state index is 12.4. The molecule has 0 heterocycles. The van der Waals surface area contributed by atoms with E-state index in [2.05, 4.69) is 36.3 Å². The molecule has 0 bridgehead atoms. The molecule has 3 saturated carbocycles. The number of hydrogen-bond acceptors (Lipinski definition) is 5. The number of hydrogen-bond donors (Lipinski definition) is 3. The number of terminal acetylenes is 1. The van der Waals surface area contributed by atoms with Crippen LogP contribution < -0.4 is 5.32 Å². The van der Waals surface area contributed by atoms with E-state index in [0.29, 0.717) is 24.2 Å². The zero-order chi connectivity index (χ0) is 27.8. The largest absolute Gasteiger partial charge is 0.480 e. The van der Waals surface area contributed by atoms with E-state index in [-0.39, 0.29) is 23.9 Å². The number of carbonyl (C=O) groups is 2. The van der Waals surface area contributed by atoms with Crippen LogP contribution in [0.2, 0.25) is 0 Å². The van der Waals surface area contributed by atoms with Crippen LogP contribution in [0.15, 0.2) is 47.1 Å². The number of nitrogens with zero attached hydrogens (tertiary/aromatic N) is 1. The summed E-state index contributed by atoms with van der Waals surface area (Å²) in [6, 6.07) is 8.17. The van der Waals surface area contributed by atoms with Crippen molar-refractivity contribution < 1.29 is 24.6 Å². The molecule has 1 amide bonds. The van der Waals surface area contributed by atoms with Gasteiger partial charge in [0.1, 0.15) is 11.6 Å². The number of oxime groups is 1. The van der Waals surface area contributed by atoms with Crippen LogP contribution in [-0.2, 0) is 20.8 Å². The molecule has 5 rings (SSSR count). The first-order valence-electron chi connectivity index (χ1n) is 14.3. The highest BCUT2D eigenvalue weighted by atomic mass is 16.6. The lowest BCUT2D eigenvalue weighted by Crippen LogP contribution is -2.54. The molecule has 7 nitrogen and oxygen atoms in total. The topological polar surface area (TPSA) is 108 Å². The number of carboxylic acids is 1. The molecule has 0 radical (unpaired) electrons. The van der Waals surface area contributed by atoms with Crippen LogP contribution in [0.1, 0.15) is 70.8 Å². The first-order valence-corrected chi connectivity index (χ1v) is 14.3. The minimum Gasteiger partial charge on any atom is -0.480 e. The Labute approximate surface area is 231 Å². The van der Waals surface area contributed by atoms with Gasteiger partial charge in [-0.05, 0) is 86.2 Å². The maximum atomic E-state index is 12.4. The molecule has 4 aliphatic rings. The summed E-state index contributed by atoms with van der Waals surface area (Å²) in [5, 5.41) is 27.5. The number of allylic oxidation sites excluding steroid dienone is 2. The zero-order valence-corrected chi connectivity index (χ0v) is 23.0. The van der Waals surface area contributed by atoms with Crippen molar-refractivity contribution in [3.05, 3.63) is 47.5 Å². The number of aliphatic hydroxyl groups is 1. The van der Waals surface area contributed by atoms with Gasteiger partial charge in [-0.3, -0.25) is 4.79 Å². The fourth-order valence-corrected chi connectivity index (χ4v) is 8.36. The van der Waals surface area contributed by atoms with Crippen molar-refractivity contribution in [2.45, 2.75) is 83.3 Å². The predicted molar refractivity (Wildman–Crippen MR) is 149 cm³/mol. The molecule has 7 heteroatoms. The van der Waals surface area contributed by atoms with Crippen molar-refractivity contribution in [2.75, 3.05) is 6.61 Å². The monoisotopic (exact) mass is 532 g/mol. The lowest BCUT2D eigenvalue weighted by molar-refractivity contribution is -0.142. The Morgan fingerprint density at radius 3 is 2.59 bits per heavy atom. The van der Waals surface area contributed by atoms with Crippen LogP contribution in [-0.4, -0.2) is 46.1 Å². The van der Waals surface area contributed by atoms with E-state index in [1.165, 1.54) is 5.57 Å². The molecule has 39 heavy (non-hydrogen) atoms. The Morgan fingerprint density at radius 1 is 1.13 bits per heavy atom. The van der Waals surface area contributed by atoms with E-state index in [0.717, 1.165) is 56.2 Å². The normalized spacial score (nSPS) is 36.9. The number of amides is 1. The van der Waals surface area contributed by atoms with E-state index < -0.39 is 23.5 Å². The molecule has 1 aromatic carbocycles. The third-order valence-corrected chi connectivity index (χ3v) is 10.7. The van der Waals surface area contributed by atoms with Crippen LogP contribution >= 0.6 is 0 Å². The Kier molecular flexibility index (Phi) is 7.37. The molecular weight excluding hydrogens is 492 g/mol. The second-order valence-electron chi connectivity index (χ2n) is 12.5. The van der Waals surface area contributed by atoms with Gasteiger partial charge in [-0.1, -0.05) is 60.8 Å². The van der Waals surface area contributed by atoms with Gasteiger partial charge in [0.2, 0.25) is 0 Å². The molecule has 3 fully saturated rings. The number of benzene rings is 1. The van der Waals surface area contributed by atoms with Crippen LogP contribution in [0.5, 0.6) is 0 Å². The highest BCUT2D eigenvalue weighted by Gasteiger charge is 2.63. The molecule has 0 aliphatic heterocycles. The highest BCUT2D eigenvalue weighted by Crippen LogP contribution is 2.67. The average Bonchev–Trinajstić information content (AvgIpc) is 3.20.